The lowest BCUT2D eigenvalue weighted by Crippen LogP contribution is -2.43. The smallest absolute Gasteiger partial charge is 0.253 e. The second-order valence-electron chi connectivity index (χ2n) is 9.05. The minimum atomic E-state index is -3.05. The van der Waals surface area contributed by atoms with Crippen LogP contribution in [-0.4, -0.2) is 83.3 Å². The van der Waals surface area contributed by atoms with E-state index in [-0.39, 0.29) is 36.4 Å². The first-order valence-corrected chi connectivity index (χ1v) is 13.6. The summed E-state index contributed by atoms with van der Waals surface area (Å²) in [7, 11) is 0.389. The Balaban J connectivity index is 1.32. The van der Waals surface area contributed by atoms with Crippen molar-refractivity contribution in [1.82, 2.24) is 24.4 Å². The van der Waals surface area contributed by atoms with E-state index in [1.807, 2.05) is 30.5 Å². The third kappa shape index (κ3) is 5.17. The monoisotopic (exact) mass is 518 g/mol. The average Bonchev–Trinajstić information content (AvgIpc) is 3.31. The zero-order valence-electron chi connectivity index (χ0n) is 20.5. The number of hydrogen-bond donors (Lipinski definition) is 1. The molecule has 0 spiro atoms. The molecule has 190 valence electrons. The molecule has 0 aliphatic carbocycles. The third-order valence-electron chi connectivity index (χ3n) is 6.23. The van der Waals surface area contributed by atoms with Crippen LogP contribution in [0.1, 0.15) is 20.7 Å². The van der Waals surface area contributed by atoms with E-state index in [1.54, 1.807) is 59.9 Å². The molecule has 0 atom stereocenters. The molecule has 5 rings (SSSR count). The molecule has 0 radical (unpaired) electrons. The molecule has 10 nitrogen and oxygen atoms in total. The van der Waals surface area contributed by atoms with Gasteiger partial charge < -0.3 is 15.1 Å². The third-order valence-corrected chi connectivity index (χ3v) is 7.84. The minimum absolute atomic E-state index is 0.00171. The molecule has 1 aliphatic rings. The van der Waals surface area contributed by atoms with Crippen LogP contribution in [0, 0.1) is 0 Å². The van der Waals surface area contributed by atoms with Gasteiger partial charge >= 0.3 is 0 Å². The normalized spacial score (nSPS) is 14.9. The van der Waals surface area contributed by atoms with E-state index in [9.17, 15) is 18.0 Å². The van der Waals surface area contributed by atoms with E-state index in [0.717, 1.165) is 11.1 Å². The number of nitrogens with one attached hydrogen (secondary N) is 1. The van der Waals surface area contributed by atoms with Crippen LogP contribution in [0.2, 0.25) is 0 Å². The number of amides is 2. The maximum absolute atomic E-state index is 12.7. The largest absolute Gasteiger partial charge is 0.345 e. The number of nitrogens with zero attached hydrogens (tertiary/aromatic N) is 5. The highest BCUT2D eigenvalue weighted by Gasteiger charge is 2.25. The van der Waals surface area contributed by atoms with Gasteiger partial charge in [0.05, 0.1) is 11.5 Å². The topological polar surface area (TPSA) is 117 Å². The number of carbonyl (C=O) groups is 2. The predicted octanol–water partition coefficient (Wildman–Crippen LogP) is 2.71. The summed E-state index contributed by atoms with van der Waals surface area (Å²) in [5.41, 5.74) is 4.25. The lowest BCUT2D eigenvalue weighted by molar-refractivity contribution is 0.0769. The zero-order valence-corrected chi connectivity index (χ0v) is 21.3. The molecule has 2 aromatic carbocycles. The van der Waals surface area contributed by atoms with Gasteiger partial charge in [0.15, 0.2) is 15.5 Å². The van der Waals surface area contributed by atoms with Crippen molar-refractivity contribution >= 4 is 38.9 Å². The Morgan fingerprint density at radius 2 is 1.57 bits per heavy atom. The first-order valence-electron chi connectivity index (χ1n) is 11.7. The van der Waals surface area contributed by atoms with Crippen molar-refractivity contribution in [3.63, 3.8) is 0 Å². The molecule has 0 bridgehead atoms. The SMILES string of the molecule is CN(C)C(=O)c1ccc(-c2cccn3nc(Nc4ccc(C(=O)N5CCS(=O)(=O)CC5)cc4)nc23)cc1. The number of carbonyl (C=O) groups excluding carboxylic acids is 2. The highest BCUT2D eigenvalue weighted by Crippen LogP contribution is 2.26. The fourth-order valence-electron chi connectivity index (χ4n) is 4.16. The summed E-state index contributed by atoms with van der Waals surface area (Å²) >= 11 is 0. The quantitative estimate of drug-likeness (QED) is 0.432. The molecule has 4 aromatic rings. The molecule has 11 heteroatoms. The minimum Gasteiger partial charge on any atom is -0.345 e. The summed E-state index contributed by atoms with van der Waals surface area (Å²) in [6.07, 6.45) is 1.81. The Labute approximate surface area is 214 Å². The average molecular weight is 519 g/mol. The fraction of sp³-hybridized carbons (Fsp3) is 0.231. The Kier molecular flexibility index (Phi) is 6.38. The summed E-state index contributed by atoms with van der Waals surface area (Å²) < 4.78 is 24.9. The Morgan fingerprint density at radius 1 is 0.919 bits per heavy atom. The lowest BCUT2D eigenvalue weighted by Gasteiger charge is -2.26. The maximum atomic E-state index is 12.7. The Morgan fingerprint density at radius 3 is 2.22 bits per heavy atom. The van der Waals surface area contributed by atoms with Crippen molar-refractivity contribution < 1.29 is 18.0 Å². The van der Waals surface area contributed by atoms with Crippen molar-refractivity contribution in [2.75, 3.05) is 44.0 Å². The van der Waals surface area contributed by atoms with E-state index >= 15 is 0 Å². The number of fused-ring (bicyclic) bond motifs is 1. The molecule has 0 unspecified atom stereocenters. The van der Waals surface area contributed by atoms with E-state index in [4.69, 9.17) is 0 Å². The van der Waals surface area contributed by atoms with E-state index in [1.165, 1.54) is 4.90 Å². The molecule has 1 saturated heterocycles. The van der Waals surface area contributed by atoms with Gasteiger partial charge in [-0.2, -0.15) is 4.98 Å². The van der Waals surface area contributed by atoms with Gasteiger partial charge in [0.2, 0.25) is 5.95 Å². The molecule has 1 aliphatic heterocycles. The van der Waals surface area contributed by atoms with Gasteiger partial charge in [-0.1, -0.05) is 12.1 Å². The number of pyridine rings is 1. The number of aromatic nitrogens is 3. The maximum Gasteiger partial charge on any atom is 0.253 e. The van der Waals surface area contributed by atoms with Crippen LogP contribution < -0.4 is 5.32 Å². The number of rotatable bonds is 5. The van der Waals surface area contributed by atoms with Crippen molar-refractivity contribution in [2.24, 2.45) is 0 Å². The molecule has 1 fully saturated rings. The number of sulfone groups is 1. The highest BCUT2D eigenvalue weighted by atomic mass is 32.2. The van der Waals surface area contributed by atoms with Gasteiger partial charge in [0.25, 0.3) is 11.8 Å². The fourth-order valence-corrected chi connectivity index (χ4v) is 5.36. The second kappa shape index (κ2) is 9.66. The predicted molar refractivity (Wildman–Crippen MR) is 141 cm³/mol. The van der Waals surface area contributed by atoms with Crippen LogP contribution in [0.4, 0.5) is 11.6 Å². The van der Waals surface area contributed by atoms with Gasteiger partial charge in [-0.15, -0.1) is 5.10 Å². The number of anilines is 2. The Hall–Kier alpha value is -4.25. The standard InChI is InChI=1S/C26H26N6O4S/c1-30(2)24(33)19-7-5-18(6-8-19)22-4-3-13-32-23(22)28-26(29-32)27-21-11-9-20(10-12-21)25(34)31-14-16-37(35,36)17-15-31/h3-13H,14-17H2,1-2H3,(H,27,29). The molecule has 2 amide bonds. The van der Waals surface area contributed by atoms with Gasteiger partial charge in [0, 0.05) is 55.8 Å². The Bertz CT molecular complexity index is 1560. The summed E-state index contributed by atoms with van der Waals surface area (Å²) in [6.45, 7) is 0.423. The van der Waals surface area contributed by atoms with Crippen LogP contribution >= 0.6 is 0 Å². The van der Waals surface area contributed by atoms with Crippen molar-refractivity contribution in [1.29, 1.82) is 0 Å². The number of benzene rings is 2. The van der Waals surface area contributed by atoms with E-state index in [2.05, 4.69) is 15.4 Å². The van der Waals surface area contributed by atoms with Crippen molar-refractivity contribution in [3.8, 4) is 11.1 Å². The first kappa shape index (κ1) is 24.4. The summed E-state index contributed by atoms with van der Waals surface area (Å²) in [4.78, 5) is 32.7. The highest BCUT2D eigenvalue weighted by molar-refractivity contribution is 7.91. The van der Waals surface area contributed by atoms with Crippen LogP contribution in [0.3, 0.4) is 0 Å². The van der Waals surface area contributed by atoms with Gasteiger partial charge in [-0.25, -0.2) is 12.9 Å². The molecular formula is C26H26N6O4S. The molecule has 2 aromatic heterocycles. The van der Waals surface area contributed by atoms with Gasteiger partial charge in [-0.3, -0.25) is 9.59 Å². The van der Waals surface area contributed by atoms with Crippen LogP contribution in [0.25, 0.3) is 16.8 Å². The molecule has 1 N–H and O–H groups in total. The summed E-state index contributed by atoms with van der Waals surface area (Å²) in [5, 5.41) is 7.68. The molecule has 3 heterocycles. The van der Waals surface area contributed by atoms with E-state index in [0.29, 0.717) is 28.4 Å². The first-order chi connectivity index (χ1) is 17.7. The lowest BCUT2D eigenvalue weighted by atomic mass is 10.0. The molecule has 0 saturated carbocycles. The molecular weight excluding hydrogens is 492 g/mol. The van der Waals surface area contributed by atoms with E-state index < -0.39 is 9.84 Å². The summed E-state index contributed by atoms with van der Waals surface area (Å²) in [6, 6.07) is 18.1. The summed E-state index contributed by atoms with van der Waals surface area (Å²) in [5.74, 6) is 0.147. The van der Waals surface area contributed by atoms with Gasteiger partial charge in [0.1, 0.15) is 0 Å². The second-order valence-corrected chi connectivity index (χ2v) is 11.4. The van der Waals surface area contributed by atoms with Crippen LogP contribution in [0.5, 0.6) is 0 Å². The van der Waals surface area contributed by atoms with Crippen LogP contribution in [-0.2, 0) is 9.84 Å². The zero-order chi connectivity index (χ0) is 26.2. The number of hydrogen-bond acceptors (Lipinski definition) is 7. The van der Waals surface area contributed by atoms with Crippen molar-refractivity contribution in [2.45, 2.75) is 0 Å². The van der Waals surface area contributed by atoms with Crippen LogP contribution in [0.15, 0.2) is 66.9 Å². The molecule has 37 heavy (non-hydrogen) atoms. The van der Waals surface area contributed by atoms with Crippen molar-refractivity contribution in [3.05, 3.63) is 78.0 Å². The van der Waals surface area contributed by atoms with Gasteiger partial charge in [-0.05, 0) is 54.1 Å².